The van der Waals surface area contributed by atoms with Crippen molar-refractivity contribution in [2.75, 3.05) is 5.32 Å². The number of benzene rings is 1. The third-order valence-electron chi connectivity index (χ3n) is 3.57. The molecule has 1 unspecified atom stereocenters. The molecule has 10 heteroatoms. The Hall–Kier alpha value is -1.25. The Balaban J connectivity index is 1.80. The second-order valence-corrected chi connectivity index (χ2v) is 7.88. The van der Waals surface area contributed by atoms with Crippen LogP contribution in [0.2, 0.25) is 0 Å². The minimum absolute atomic E-state index is 0.256. The number of aromatic nitrogens is 1. The van der Waals surface area contributed by atoms with E-state index in [1.54, 1.807) is 6.92 Å². The van der Waals surface area contributed by atoms with Crippen molar-refractivity contribution in [1.82, 2.24) is 4.98 Å². The quantitative estimate of drug-likeness (QED) is 0.779. The maximum absolute atomic E-state index is 12.2. The number of halogens is 5. The SMILES string of the molecule is CC1(C(=O)Nc2nc3ccc(OC(F)(F)F)cc3s2)CC1(Cl)Cl. The molecule has 23 heavy (non-hydrogen) atoms. The van der Waals surface area contributed by atoms with Gasteiger partial charge in [-0.3, -0.25) is 4.79 Å². The van der Waals surface area contributed by atoms with Crippen LogP contribution >= 0.6 is 34.5 Å². The van der Waals surface area contributed by atoms with Crippen LogP contribution in [0.3, 0.4) is 0 Å². The molecule has 4 nitrogen and oxygen atoms in total. The number of rotatable bonds is 3. The van der Waals surface area contributed by atoms with E-state index in [2.05, 4.69) is 15.0 Å². The molecule has 1 heterocycles. The number of hydrogen-bond donors (Lipinski definition) is 1. The summed E-state index contributed by atoms with van der Waals surface area (Å²) in [6.45, 7) is 1.63. The van der Waals surface area contributed by atoms with Gasteiger partial charge in [0.1, 0.15) is 10.1 Å². The van der Waals surface area contributed by atoms with E-state index in [1.165, 1.54) is 12.1 Å². The van der Waals surface area contributed by atoms with Gasteiger partial charge in [-0.2, -0.15) is 0 Å². The largest absolute Gasteiger partial charge is 0.573 e. The van der Waals surface area contributed by atoms with Crippen molar-refractivity contribution in [2.45, 2.75) is 24.0 Å². The van der Waals surface area contributed by atoms with Crippen LogP contribution in [0.4, 0.5) is 18.3 Å². The fourth-order valence-corrected chi connectivity index (χ4v) is 3.63. The fourth-order valence-electron chi connectivity index (χ4n) is 2.04. The van der Waals surface area contributed by atoms with Gasteiger partial charge >= 0.3 is 6.36 Å². The summed E-state index contributed by atoms with van der Waals surface area (Å²) in [5, 5.41) is 2.85. The van der Waals surface area contributed by atoms with Gasteiger partial charge < -0.3 is 10.1 Å². The number of ether oxygens (including phenoxy) is 1. The summed E-state index contributed by atoms with van der Waals surface area (Å²) in [5.41, 5.74) is -0.456. The van der Waals surface area contributed by atoms with Gasteiger partial charge in [0.25, 0.3) is 0 Å². The number of anilines is 1. The molecule has 1 aliphatic carbocycles. The first-order valence-electron chi connectivity index (χ1n) is 6.36. The molecule has 2 aromatic rings. The molecule has 124 valence electrons. The molecule has 1 aliphatic rings. The van der Waals surface area contributed by atoms with Crippen molar-refractivity contribution in [3.8, 4) is 5.75 Å². The molecule has 1 fully saturated rings. The van der Waals surface area contributed by atoms with E-state index >= 15 is 0 Å². The second kappa shape index (κ2) is 5.12. The summed E-state index contributed by atoms with van der Waals surface area (Å²) >= 11 is 12.9. The normalized spacial score (nSPS) is 22.9. The van der Waals surface area contributed by atoms with Gasteiger partial charge in [0.15, 0.2) is 5.13 Å². The zero-order valence-electron chi connectivity index (χ0n) is 11.5. The number of hydrogen-bond acceptors (Lipinski definition) is 4. The van der Waals surface area contributed by atoms with Crippen LogP contribution in [0, 0.1) is 5.41 Å². The molecule has 1 saturated carbocycles. The van der Waals surface area contributed by atoms with E-state index in [9.17, 15) is 18.0 Å². The van der Waals surface area contributed by atoms with Crippen LogP contribution in [0.1, 0.15) is 13.3 Å². The Kier molecular flexibility index (Phi) is 3.70. The standard InChI is InChI=1S/C13H9Cl2F3N2O2S/c1-11(5-12(11,14)15)9(21)20-10-19-7-3-2-6(4-8(7)23-10)22-13(16,17)18/h2-4H,5H2,1H3,(H,19,20,21). The molecule has 0 radical (unpaired) electrons. The molecular formula is C13H9Cl2F3N2O2S. The van der Waals surface area contributed by atoms with Crippen molar-refractivity contribution in [3.05, 3.63) is 18.2 Å². The molecule has 0 bridgehead atoms. The van der Waals surface area contributed by atoms with Crippen molar-refractivity contribution in [1.29, 1.82) is 0 Å². The Bertz CT molecular complexity index is 793. The smallest absolute Gasteiger partial charge is 0.406 e. The maximum Gasteiger partial charge on any atom is 0.573 e. The van der Waals surface area contributed by atoms with E-state index in [1.807, 2.05) is 0 Å². The van der Waals surface area contributed by atoms with Crippen molar-refractivity contribution in [2.24, 2.45) is 5.41 Å². The molecule has 1 amide bonds. The van der Waals surface area contributed by atoms with Crippen LogP contribution in [0.15, 0.2) is 18.2 Å². The van der Waals surface area contributed by atoms with Gasteiger partial charge in [-0.25, -0.2) is 4.98 Å². The van der Waals surface area contributed by atoms with Crippen LogP contribution in [-0.4, -0.2) is 21.6 Å². The zero-order chi connectivity index (χ0) is 17.0. The highest BCUT2D eigenvalue weighted by Crippen LogP contribution is 2.64. The molecule has 3 rings (SSSR count). The number of carbonyl (C=O) groups excluding carboxylic acids is 1. The predicted octanol–water partition coefficient (Wildman–Crippen LogP) is 4.72. The van der Waals surface area contributed by atoms with E-state index < -0.39 is 16.1 Å². The van der Waals surface area contributed by atoms with E-state index in [4.69, 9.17) is 23.2 Å². The Labute approximate surface area is 142 Å². The highest BCUT2D eigenvalue weighted by Gasteiger charge is 2.68. The molecule has 1 aromatic carbocycles. The van der Waals surface area contributed by atoms with Crippen molar-refractivity contribution >= 4 is 55.8 Å². The average molecular weight is 385 g/mol. The number of fused-ring (bicyclic) bond motifs is 1. The van der Waals surface area contributed by atoms with Crippen LogP contribution in [-0.2, 0) is 4.79 Å². The minimum Gasteiger partial charge on any atom is -0.406 e. The van der Waals surface area contributed by atoms with E-state index in [0.29, 0.717) is 16.6 Å². The maximum atomic E-state index is 12.2. The molecular weight excluding hydrogens is 376 g/mol. The molecule has 0 spiro atoms. The first-order chi connectivity index (χ1) is 10.5. The lowest BCUT2D eigenvalue weighted by atomic mass is 10.1. The van der Waals surface area contributed by atoms with Gasteiger partial charge in [0, 0.05) is 6.07 Å². The fraction of sp³-hybridized carbons (Fsp3) is 0.385. The highest BCUT2D eigenvalue weighted by molar-refractivity contribution is 7.22. The van der Waals surface area contributed by atoms with Gasteiger partial charge in [-0.1, -0.05) is 11.3 Å². The first-order valence-corrected chi connectivity index (χ1v) is 7.93. The predicted molar refractivity (Wildman–Crippen MR) is 82.1 cm³/mol. The Morgan fingerprint density at radius 3 is 2.65 bits per heavy atom. The third kappa shape index (κ3) is 3.20. The lowest BCUT2D eigenvalue weighted by molar-refractivity contribution is -0.274. The van der Waals surface area contributed by atoms with Gasteiger partial charge in [0.05, 0.1) is 15.6 Å². The zero-order valence-corrected chi connectivity index (χ0v) is 13.8. The Morgan fingerprint density at radius 2 is 2.09 bits per heavy atom. The molecule has 1 atom stereocenters. The summed E-state index contributed by atoms with van der Waals surface area (Å²) in [5.74, 6) is -0.727. The lowest BCUT2D eigenvalue weighted by Crippen LogP contribution is -2.25. The van der Waals surface area contributed by atoms with E-state index in [-0.39, 0.29) is 16.8 Å². The summed E-state index contributed by atoms with van der Waals surface area (Å²) in [7, 11) is 0. The van der Waals surface area contributed by atoms with Gasteiger partial charge in [0.2, 0.25) is 5.91 Å². The minimum atomic E-state index is -4.76. The second-order valence-electron chi connectivity index (χ2n) is 5.36. The number of alkyl halides is 5. The Morgan fingerprint density at radius 1 is 1.43 bits per heavy atom. The summed E-state index contributed by atoms with van der Waals surface area (Å²) in [6, 6.07) is 3.75. The third-order valence-corrected chi connectivity index (χ3v) is 5.61. The number of amides is 1. The molecule has 0 aliphatic heterocycles. The summed E-state index contributed by atoms with van der Waals surface area (Å²) < 4.78 is 39.8. The van der Waals surface area contributed by atoms with Crippen LogP contribution < -0.4 is 10.1 Å². The monoisotopic (exact) mass is 384 g/mol. The highest BCUT2D eigenvalue weighted by atomic mass is 35.5. The first kappa shape index (κ1) is 16.6. The average Bonchev–Trinajstić information content (AvgIpc) is 2.75. The number of thiazole rings is 1. The topological polar surface area (TPSA) is 51.2 Å². The van der Waals surface area contributed by atoms with E-state index in [0.717, 1.165) is 17.4 Å². The van der Waals surface area contributed by atoms with Crippen LogP contribution in [0.5, 0.6) is 5.75 Å². The van der Waals surface area contributed by atoms with Crippen molar-refractivity contribution < 1.29 is 22.7 Å². The lowest BCUT2D eigenvalue weighted by Gasteiger charge is -2.10. The van der Waals surface area contributed by atoms with Crippen LogP contribution in [0.25, 0.3) is 10.2 Å². The number of nitrogens with zero attached hydrogens (tertiary/aromatic N) is 1. The number of nitrogens with one attached hydrogen (secondary N) is 1. The number of carbonyl (C=O) groups is 1. The molecule has 0 saturated heterocycles. The van der Waals surface area contributed by atoms with Gasteiger partial charge in [-0.05, 0) is 25.5 Å². The molecule has 1 aromatic heterocycles. The summed E-state index contributed by atoms with van der Waals surface area (Å²) in [4.78, 5) is 16.3. The molecule has 1 N–H and O–H groups in total. The van der Waals surface area contributed by atoms with Crippen molar-refractivity contribution in [3.63, 3.8) is 0 Å². The van der Waals surface area contributed by atoms with Gasteiger partial charge in [-0.15, -0.1) is 36.4 Å². The summed E-state index contributed by atoms with van der Waals surface area (Å²) in [6.07, 6.45) is -4.44.